The van der Waals surface area contributed by atoms with E-state index in [0.29, 0.717) is 0 Å². The average molecular weight is 242 g/mol. The molecule has 0 saturated carbocycles. The van der Waals surface area contributed by atoms with E-state index in [1.54, 1.807) is 12.1 Å². The van der Waals surface area contributed by atoms with Crippen molar-refractivity contribution in [2.24, 2.45) is 0 Å². The first-order valence-electron chi connectivity index (χ1n) is 4.19. The molecule has 17 heavy (non-hydrogen) atoms. The van der Waals surface area contributed by atoms with Crippen molar-refractivity contribution in [2.75, 3.05) is 5.73 Å². The number of halogens is 3. The van der Waals surface area contributed by atoms with Gasteiger partial charge in [0.1, 0.15) is 11.8 Å². The van der Waals surface area contributed by atoms with E-state index in [-0.39, 0.29) is 17.5 Å². The molecule has 2 N–H and O–H groups in total. The number of hydrogen-bond acceptors (Lipinski definition) is 5. The smallest absolute Gasteiger partial charge is 0.393 e. The van der Waals surface area contributed by atoms with Crippen molar-refractivity contribution < 1.29 is 17.9 Å². The van der Waals surface area contributed by atoms with Gasteiger partial charge in [0.05, 0.1) is 18.1 Å². The number of pyridine rings is 1. The van der Waals surface area contributed by atoms with E-state index in [2.05, 4.69) is 9.72 Å². The van der Waals surface area contributed by atoms with Crippen molar-refractivity contribution in [1.29, 1.82) is 10.5 Å². The molecule has 1 aromatic heterocycles. The second-order valence-corrected chi connectivity index (χ2v) is 2.87. The number of rotatable bonds is 2. The zero-order chi connectivity index (χ0) is 13.1. The molecule has 1 aromatic rings. The fourth-order valence-corrected chi connectivity index (χ4v) is 1.09. The van der Waals surface area contributed by atoms with Gasteiger partial charge in [-0.2, -0.15) is 10.5 Å². The van der Waals surface area contributed by atoms with Gasteiger partial charge in [-0.25, -0.2) is 4.98 Å². The number of aromatic nitrogens is 1. The Labute approximate surface area is 93.8 Å². The maximum Gasteiger partial charge on any atom is 0.574 e. The van der Waals surface area contributed by atoms with Crippen LogP contribution in [0.2, 0.25) is 0 Å². The molecule has 0 amide bonds. The minimum Gasteiger partial charge on any atom is -0.393 e. The lowest BCUT2D eigenvalue weighted by atomic mass is 10.1. The highest BCUT2D eigenvalue weighted by Crippen LogP contribution is 2.29. The molecule has 1 heterocycles. The van der Waals surface area contributed by atoms with Gasteiger partial charge in [0.25, 0.3) is 0 Å². The van der Waals surface area contributed by atoms with Crippen molar-refractivity contribution in [1.82, 2.24) is 4.98 Å². The summed E-state index contributed by atoms with van der Waals surface area (Å²) in [6, 6.07) is 3.36. The summed E-state index contributed by atoms with van der Waals surface area (Å²) in [4.78, 5) is 3.32. The minimum atomic E-state index is -4.94. The van der Waals surface area contributed by atoms with Gasteiger partial charge in [-0.15, -0.1) is 13.2 Å². The van der Waals surface area contributed by atoms with Gasteiger partial charge < -0.3 is 10.5 Å². The summed E-state index contributed by atoms with van der Waals surface area (Å²) in [5.41, 5.74) is 4.70. The van der Waals surface area contributed by atoms with Gasteiger partial charge in [0.2, 0.25) is 5.88 Å². The van der Waals surface area contributed by atoms with E-state index in [1.165, 1.54) is 0 Å². The van der Waals surface area contributed by atoms with Crippen LogP contribution in [-0.4, -0.2) is 11.3 Å². The van der Waals surface area contributed by atoms with E-state index in [9.17, 15) is 13.2 Å². The summed E-state index contributed by atoms with van der Waals surface area (Å²) in [6.45, 7) is 0. The zero-order valence-corrected chi connectivity index (χ0v) is 8.25. The molecule has 0 aliphatic rings. The van der Waals surface area contributed by atoms with Crippen molar-refractivity contribution in [3.05, 3.63) is 17.3 Å². The van der Waals surface area contributed by atoms with Gasteiger partial charge in [-0.3, -0.25) is 0 Å². The maximum atomic E-state index is 12.0. The minimum absolute atomic E-state index is 0.155. The normalized spacial score (nSPS) is 10.4. The van der Waals surface area contributed by atoms with Gasteiger partial charge in [-0.05, 0) is 0 Å². The Bertz CT molecular complexity index is 513. The van der Waals surface area contributed by atoms with Crippen LogP contribution in [-0.2, 0) is 6.42 Å². The summed E-state index contributed by atoms with van der Waals surface area (Å²) in [6.07, 6.45) is -4.16. The first kappa shape index (κ1) is 12.6. The van der Waals surface area contributed by atoms with Crippen molar-refractivity contribution >= 4 is 5.69 Å². The molecule has 0 atom stereocenters. The summed E-state index contributed by atoms with van der Waals surface area (Å²) in [5.74, 6) is -0.893. The van der Waals surface area contributed by atoms with E-state index in [4.69, 9.17) is 16.3 Å². The predicted octanol–water partition coefficient (Wildman–Crippen LogP) is 1.50. The highest BCUT2D eigenvalue weighted by molar-refractivity contribution is 5.63. The molecule has 0 saturated heterocycles. The Kier molecular flexibility index (Phi) is 3.39. The molecule has 5 nitrogen and oxygen atoms in total. The molecule has 0 radical (unpaired) electrons. The van der Waals surface area contributed by atoms with Crippen LogP contribution in [0.15, 0.2) is 6.20 Å². The summed E-state index contributed by atoms with van der Waals surface area (Å²) >= 11 is 0. The molecule has 0 spiro atoms. The van der Waals surface area contributed by atoms with Gasteiger partial charge in [0, 0.05) is 11.8 Å². The monoisotopic (exact) mass is 242 g/mol. The molecule has 88 valence electrons. The second-order valence-electron chi connectivity index (χ2n) is 2.87. The van der Waals surface area contributed by atoms with E-state index >= 15 is 0 Å². The van der Waals surface area contributed by atoms with Crippen LogP contribution in [0.4, 0.5) is 18.9 Å². The molecule has 8 heteroatoms. The largest absolute Gasteiger partial charge is 0.574 e. The van der Waals surface area contributed by atoms with Crippen LogP contribution in [0, 0.1) is 22.7 Å². The summed E-state index contributed by atoms with van der Waals surface area (Å²) < 4.78 is 39.4. The number of ether oxygens (including phenoxy) is 1. The number of nitrogens with two attached hydrogens (primary N) is 1. The maximum absolute atomic E-state index is 12.0. The van der Waals surface area contributed by atoms with Crippen LogP contribution >= 0.6 is 0 Å². The SMILES string of the molecule is N#CCc1cnc(OC(F)(F)F)c(N)c1C#N. The number of anilines is 1. The molecule has 0 fully saturated rings. The zero-order valence-electron chi connectivity index (χ0n) is 8.25. The first-order chi connectivity index (χ1) is 7.89. The van der Waals surface area contributed by atoms with Crippen molar-refractivity contribution in [3.8, 4) is 18.0 Å². The van der Waals surface area contributed by atoms with Crippen LogP contribution in [0.1, 0.15) is 11.1 Å². The third-order valence-electron chi connectivity index (χ3n) is 1.75. The fourth-order valence-electron chi connectivity index (χ4n) is 1.09. The number of nitriles is 2. The Morgan fingerprint density at radius 1 is 1.41 bits per heavy atom. The van der Waals surface area contributed by atoms with Gasteiger partial charge >= 0.3 is 6.36 Å². The molecular weight excluding hydrogens is 237 g/mol. The lowest BCUT2D eigenvalue weighted by Crippen LogP contribution is -2.19. The number of nitrogens with zero attached hydrogens (tertiary/aromatic N) is 3. The molecular formula is C9H5F3N4O. The van der Waals surface area contributed by atoms with E-state index < -0.39 is 17.9 Å². The van der Waals surface area contributed by atoms with Crippen molar-refractivity contribution in [3.63, 3.8) is 0 Å². The number of hydrogen-bond donors (Lipinski definition) is 1. The van der Waals surface area contributed by atoms with Crippen LogP contribution in [0.25, 0.3) is 0 Å². The second kappa shape index (κ2) is 4.58. The molecule has 0 bridgehead atoms. The highest BCUT2D eigenvalue weighted by atomic mass is 19.4. The Morgan fingerprint density at radius 3 is 2.53 bits per heavy atom. The van der Waals surface area contributed by atoms with Crippen LogP contribution in [0.5, 0.6) is 5.88 Å². The number of nitrogen functional groups attached to an aromatic ring is 1. The van der Waals surface area contributed by atoms with Crippen LogP contribution < -0.4 is 10.5 Å². The summed E-state index contributed by atoms with van der Waals surface area (Å²) in [5, 5.41) is 17.2. The Morgan fingerprint density at radius 2 is 2.06 bits per heavy atom. The third-order valence-corrected chi connectivity index (χ3v) is 1.75. The number of alkyl halides is 3. The highest BCUT2D eigenvalue weighted by Gasteiger charge is 2.33. The fraction of sp³-hybridized carbons (Fsp3) is 0.222. The molecule has 0 aromatic carbocycles. The van der Waals surface area contributed by atoms with Gasteiger partial charge in [-0.1, -0.05) is 0 Å². The van der Waals surface area contributed by atoms with E-state index in [0.717, 1.165) is 6.20 Å². The van der Waals surface area contributed by atoms with Crippen molar-refractivity contribution in [2.45, 2.75) is 12.8 Å². The molecule has 1 rings (SSSR count). The lowest BCUT2D eigenvalue weighted by Gasteiger charge is -2.11. The molecule has 0 aliphatic heterocycles. The summed E-state index contributed by atoms with van der Waals surface area (Å²) in [7, 11) is 0. The lowest BCUT2D eigenvalue weighted by molar-refractivity contribution is -0.275. The van der Waals surface area contributed by atoms with Gasteiger partial charge in [0.15, 0.2) is 0 Å². The quantitative estimate of drug-likeness (QED) is 0.847. The third kappa shape index (κ3) is 2.98. The predicted molar refractivity (Wildman–Crippen MR) is 49.4 cm³/mol. The topological polar surface area (TPSA) is 95.7 Å². The Hall–Kier alpha value is -2.48. The molecule has 0 aliphatic carbocycles. The van der Waals surface area contributed by atoms with Crippen LogP contribution in [0.3, 0.4) is 0 Å². The average Bonchev–Trinajstić information content (AvgIpc) is 2.21. The molecule has 0 unspecified atom stereocenters. The first-order valence-corrected chi connectivity index (χ1v) is 4.19. The standard InChI is InChI=1S/C9H5F3N4O/c10-9(11,12)17-8-7(15)6(3-14)5(1-2-13)4-16-8/h4H,1,15H2. The van der Waals surface area contributed by atoms with E-state index in [1.807, 2.05) is 0 Å². The Balaban J connectivity index is 3.22.